The second kappa shape index (κ2) is 8.34. The van der Waals surface area contributed by atoms with Gasteiger partial charge in [0, 0.05) is 11.1 Å². The first-order chi connectivity index (χ1) is 14.9. The lowest BCUT2D eigenvalue weighted by Gasteiger charge is -2.36. The molecule has 2 aromatic rings. The molecule has 0 radical (unpaired) electrons. The van der Waals surface area contributed by atoms with E-state index in [9.17, 15) is 19.2 Å². The summed E-state index contributed by atoms with van der Waals surface area (Å²) in [5, 5.41) is 5.54. The summed E-state index contributed by atoms with van der Waals surface area (Å²) < 4.78 is 0. The zero-order valence-electron chi connectivity index (χ0n) is 17.4. The van der Waals surface area contributed by atoms with Crippen molar-refractivity contribution in [2.24, 2.45) is 5.92 Å². The summed E-state index contributed by atoms with van der Waals surface area (Å²) in [4.78, 5) is 52.1. The zero-order chi connectivity index (χ0) is 22.0. The molecule has 1 saturated carbocycles. The van der Waals surface area contributed by atoms with Crippen molar-refractivity contribution in [3.05, 3.63) is 65.7 Å². The Hall–Kier alpha value is -3.48. The van der Waals surface area contributed by atoms with Gasteiger partial charge in [-0.15, -0.1) is 0 Å². The first kappa shape index (κ1) is 20.8. The molecule has 4 amide bonds. The van der Waals surface area contributed by atoms with Crippen LogP contribution in [0, 0.1) is 5.92 Å². The minimum atomic E-state index is -0.906. The first-order valence-corrected chi connectivity index (χ1v) is 10.5. The summed E-state index contributed by atoms with van der Waals surface area (Å²) in [6, 6.07) is 14.9. The maximum absolute atomic E-state index is 13.1. The van der Waals surface area contributed by atoms with Gasteiger partial charge in [-0.3, -0.25) is 19.3 Å². The van der Waals surface area contributed by atoms with Gasteiger partial charge in [0.2, 0.25) is 5.91 Å². The van der Waals surface area contributed by atoms with E-state index in [2.05, 4.69) is 10.6 Å². The molecule has 1 saturated heterocycles. The number of hydrogen-bond donors (Lipinski definition) is 2. The van der Waals surface area contributed by atoms with E-state index in [1.807, 2.05) is 13.0 Å². The summed E-state index contributed by atoms with van der Waals surface area (Å²) in [6.45, 7) is 1.57. The molecule has 1 heterocycles. The molecule has 2 fully saturated rings. The van der Waals surface area contributed by atoms with E-state index >= 15 is 0 Å². The number of benzene rings is 2. The number of anilines is 1. The van der Waals surface area contributed by atoms with Crippen LogP contribution in [0.15, 0.2) is 54.6 Å². The van der Waals surface area contributed by atoms with Crippen molar-refractivity contribution in [2.75, 3.05) is 11.9 Å². The molecule has 2 N–H and O–H groups in total. The summed E-state index contributed by atoms with van der Waals surface area (Å²) >= 11 is 0. The van der Waals surface area contributed by atoms with E-state index in [1.165, 1.54) is 0 Å². The molecule has 7 nitrogen and oxygen atoms in total. The van der Waals surface area contributed by atoms with Crippen LogP contribution in [0.4, 0.5) is 10.5 Å². The molecule has 2 aromatic carbocycles. The molecule has 0 unspecified atom stereocenters. The van der Waals surface area contributed by atoms with Gasteiger partial charge in [-0.1, -0.05) is 62.2 Å². The van der Waals surface area contributed by atoms with Gasteiger partial charge in [0.15, 0.2) is 5.78 Å². The predicted octanol–water partition coefficient (Wildman–Crippen LogP) is 3.36. The van der Waals surface area contributed by atoms with Gasteiger partial charge in [-0.25, -0.2) is 4.79 Å². The average Bonchev–Trinajstić information content (AvgIpc) is 3.01. The maximum atomic E-state index is 13.1. The van der Waals surface area contributed by atoms with Crippen LogP contribution in [-0.4, -0.2) is 40.6 Å². The van der Waals surface area contributed by atoms with Crippen LogP contribution in [0.3, 0.4) is 0 Å². The summed E-state index contributed by atoms with van der Waals surface area (Å²) in [6.07, 6.45) is 3.34. The van der Waals surface area contributed by atoms with Gasteiger partial charge in [0.25, 0.3) is 5.91 Å². The summed E-state index contributed by atoms with van der Waals surface area (Å²) in [5.74, 6) is -1.07. The summed E-state index contributed by atoms with van der Waals surface area (Å²) in [5.41, 5.74) is 0.286. The Bertz CT molecular complexity index is 1040. The second-order valence-electron chi connectivity index (χ2n) is 8.23. The van der Waals surface area contributed by atoms with Crippen LogP contribution in [0.5, 0.6) is 0 Å². The van der Waals surface area contributed by atoms with Crippen molar-refractivity contribution in [2.45, 2.75) is 38.1 Å². The third-order valence-electron chi connectivity index (χ3n) is 6.28. The van der Waals surface area contributed by atoms with Crippen molar-refractivity contribution in [1.82, 2.24) is 10.2 Å². The molecule has 2 aliphatic rings. The Kier molecular flexibility index (Phi) is 5.59. The number of rotatable bonds is 5. The molecule has 2 atom stereocenters. The molecule has 160 valence electrons. The highest BCUT2D eigenvalue weighted by molar-refractivity contribution is 6.15. The van der Waals surface area contributed by atoms with E-state index in [0.717, 1.165) is 24.2 Å². The van der Waals surface area contributed by atoms with E-state index in [0.29, 0.717) is 23.2 Å². The average molecular weight is 419 g/mol. The van der Waals surface area contributed by atoms with Crippen LogP contribution in [0.1, 0.15) is 48.5 Å². The largest absolute Gasteiger partial charge is 0.325 e. The molecule has 1 aliphatic carbocycles. The third kappa shape index (κ3) is 3.83. The molecule has 4 rings (SSSR count). The van der Waals surface area contributed by atoms with E-state index in [4.69, 9.17) is 0 Å². The quantitative estimate of drug-likeness (QED) is 0.574. The minimum absolute atomic E-state index is 0.0231. The fourth-order valence-corrected chi connectivity index (χ4v) is 4.51. The van der Waals surface area contributed by atoms with Crippen LogP contribution in [0.25, 0.3) is 0 Å². The molecule has 1 spiro atoms. The van der Waals surface area contributed by atoms with Gasteiger partial charge in [0.05, 0.1) is 5.69 Å². The highest BCUT2D eigenvalue weighted by Gasteiger charge is 2.55. The van der Waals surface area contributed by atoms with Crippen molar-refractivity contribution >= 4 is 29.3 Å². The van der Waals surface area contributed by atoms with Crippen LogP contribution >= 0.6 is 0 Å². The normalized spacial score (nSPS) is 23.0. The van der Waals surface area contributed by atoms with Crippen LogP contribution < -0.4 is 10.6 Å². The minimum Gasteiger partial charge on any atom is -0.324 e. The number of ketones is 1. The number of nitrogens with zero attached hydrogens (tertiary/aromatic N) is 1. The Balaban J connectivity index is 1.49. The maximum Gasteiger partial charge on any atom is 0.325 e. The Morgan fingerprint density at radius 2 is 1.77 bits per heavy atom. The Labute approximate surface area is 180 Å². The lowest BCUT2D eigenvalue weighted by molar-refractivity contribution is -0.136. The van der Waals surface area contributed by atoms with E-state index < -0.39 is 24.0 Å². The SMILES string of the molecule is C[C@H]1CCCC[C@@]12NC(=O)N(CC(=O)Nc1ccccc1C(=O)c1ccccc1)C2=O. The topological polar surface area (TPSA) is 95.6 Å². The van der Waals surface area contributed by atoms with Crippen molar-refractivity contribution < 1.29 is 19.2 Å². The van der Waals surface area contributed by atoms with Gasteiger partial charge in [0.1, 0.15) is 12.1 Å². The highest BCUT2D eigenvalue weighted by atomic mass is 16.2. The number of imide groups is 1. The van der Waals surface area contributed by atoms with E-state index in [-0.39, 0.29) is 17.6 Å². The highest BCUT2D eigenvalue weighted by Crippen LogP contribution is 2.38. The molecular weight excluding hydrogens is 394 g/mol. The zero-order valence-corrected chi connectivity index (χ0v) is 17.4. The number of carbonyl (C=O) groups excluding carboxylic acids is 4. The predicted molar refractivity (Wildman–Crippen MR) is 116 cm³/mol. The van der Waals surface area contributed by atoms with Crippen LogP contribution in [0.2, 0.25) is 0 Å². The monoisotopic (exact) mass is 419 g/mol. The number of nitrogens with one attached hydrogen (secondary N) is 2. The molecule has 7 heteroatoms. The smallest absolute Gasteiger partial charge is 0.324 e. The Morgan fingerprint density at radius 3 is 2.52 bits per heavy atom. The number of hydrogen-bond acceptors (Lipinski definition) is 4. The number of carbonyl (C=O) groups is 4. The van der Waals surface area contributed by atoms with Gasteiger partial charge < -0.3 is 10.6 Å². The third-order valence-corrected chi connectivity index (χ3v) is 6.28. The van der Waals surface area contributed by atoms with E-state index in [1.54, 1.807) is 48.5 Å². The molecular formula is C24H25N3O4. The van der Waals surface area contributed by atoms with Crippen molar-refractivity contribution in [3.8, 4) is 0 Å². The Morgan fingerprint density at radius 1 is 1.06 bits per heavy atom. The van der Waals surface area contributed by atoms with Gasteiger partial charge >= 0.3 is 6.03 Å². The standard InChI is InChI=1S/C24H25N3O4/c1-16-9-7-8-14-24(16)22(30)27(23(31)26-24)15-20(28)25-19-13-6-5-12-18(19)21(29)17-10-3-2-4-11-17/h2-6,10-13,16H,7-9,14-15H2,1H3,(H,25,28)(H,26,31)/t16-,24+/m0/s1. The molecule has 31 heavy (non-hydrogen) atoms. The lowest BCUT2D eigenvalue weighted by Crippen LogP contribution is -2.54. The fraction of sp³-hybridized carbons (Fsp3) is 0.333. The van der Waals surface area contributed by atoms with Crippen molar-refractivity contribution in [3.63, 3.8) is 0 Å². The number of amides is 4. The molecule has 1 aliphatic heterocycles. The molecule has 0 aromatic heterocycles. The number of para-hydroxylation sites is 1. The first-order valence-electron chi connectivity index (χ1n) is 10.5. The van der Waals surface area contributed by atoms with Crippen LogP contribution in [-0.2, 0) is 9.59 Å². The van der Waals surface area contributed by atoms with Crippen molar-refractivity contribution in [1.29, 1.82) is 0 Å². The second-order valence-corrected chi connectivity index (χ2v) is 8.23. The fourth-order valence-electron chi connectivity index (χ4n) is 4.51. The van der Waals surface area contributed by atoms with Gasteiger partial charge in [-0.05, 0) is 30.9 Å². The molecule has 0 bridgehead atoms. The lowest BCUT2D eigenvalue weighted by atomic mass is 9.73. The number of urea groups is 1. The van der Waals surface area contributed by atoms with Gasteiger partial charge in [-0.2, -0.15) is 0 Å². The summed E-state index contributed by atoms with van der Waals surface area (Å²) in [7, 11) is 0.